The zero-order valence-electron chi connectivity index (χ0n) is 14.7. The van der Waals surface area contributed by atoms with Gasteiger partial charge in [-0.05, 0) is 47.5 Å². The van der Waals surface area contributed by atoms with Crippen LogP contribution in [-0.4, -0.2) is 73.0 Å². The Kier molecular flexibility index (Phi) is 5.69. The van der Waals surface area contributed by atoms with Crippen molar-refractivity contribution in [1.82, 2.24) is 9.80 Å². The molecule has 0 bridgehead atoms. The number of ether oxygens (including phenoxy) is 2. The normalized spacial score (nSPS) is 31.7. The summed E-state index contributed by atoms with van der Waals surface area (Å²) in [6, 6.07) is 0. The first-order valence-electron chi connectivity index (χ1n) is 8.54. The van der Waals surface area contributed by atoms with Crippen molar-refractivity contribution < 1.29 is 9.47 Å². The zero-order valence-corrected chi connectivity index (χ0v) is 14.7. The van der Waals surface area contributed by atoms with Crippen LogP contribution in [0.3, 0.4) is 0 Å². The molecule has 2 fully saturated rings. The minimum Gasteiger partial charge on any atom is -0.377 e. The highest BCUT2D eigenvalue weighted by Gasteiger charge is 2.42. The van der Waals surface area contributed by atoms with E-state index in [0.717, 1.165) is 32.6 Å². The molecular formula is C17H34N2O2. The number of rotatable bonds is 5. The maximum Gasteiger partial charge on any atom is 0.0644 e. The summed E-state index contributed by atoms with van der Waals surface area (Å²) in [4.78, 5) is 5.23. The van der Waals surface area contributed by atoms with Gasteiger partial charge in [0.25, 0.3) is 0 Å². The Morgan fingerprint density at radius 2 is 1.76 bits per heavy atom. The van der Waals surface area contributed by atoms with Gasteiger partial charge in [-0.3, -0.25) is 9.80 Å². The molecule has 0 aromatic heterocycles. The highest BCUT2D eigenvalue weighted by molar-refractivity contribution is 4.96. The Hall–Kier alpha value is -0.160. The van der Waals surface area contributed by atoms with E-state index < -0.39 is 0 Å². The van der Waals surface area contributed by atoms with Crippen molar-refractivity contribution in [3.63, 3.8) is 0 Å². The van der Waals surface area contributed by atoms with Crippen LogP contribution in [0.2, 0.25) is 0 Å². The number of hydrogen-bond acceptors (Lipinski definition) is 4. The second kappa shape index (κ2) is 6.95. The molecule has 2 heterocycles. The molecule has 4 heteroatoms. The van der Waals surface area contributed by atoms with Gasteiger partial charge in [-0.1, -0.05) is 0 Å². The Morgan fingerprint density at radius 3 is 2.33 bits per heavy atom. The summed E-state index contributed by atoms with van der Waals surface area (Å²) in [5.74, 6) is 0. The van der Waals surface area contributed by atoms with Crippen molar-refractivity contribution >= 4 is 0 Å². The molecule has 0 saturated carbocycles. The van der Waals surface area contributed by atoms with Crippen molar-refractivity contribution in [2.75, 3.05) is 45.9 Å². The van der Waals surface area contributed by atoms with Gasteiger partial charge >= 0.3 is 0 Å². The highest BCUT2D eigenvalue weighted by Crippen LogP contribution is 2.36. The van der Waals surface area contributed by atoms with Gasteiger partial charge in [0, 0.05) is 44.9 Å². The maximum absolute atomic E-state index is 5.89. The predicted molar refractivity (Wildman–Crippen MR) is 86.8 cm³/mol. The van der Waals surface area contributed by atoms with Crippen molar-refractivity contribution in [2.45, 2.75) is 64.7 Å². The fourth-order valence-corrected chi connectivity index (χ4v) is 3.80. The van der Waals surface area contributed by atoms with Gasteiger partial charge in [-0.2, -0.15) is 0 Å². The van der Waals surface area contributed by atoms with Crippen LogP contribution < -0.4 is 0 Å². The molecule has 2 aliphatic heterocycles. The summed E-state index contributed by atoms with van der Waals surface area (Å²) < 4.78 is 11.6. The zero-order chi connectivity index (χ0) is 15.5. The lowest BCUT2D eigenvalue weighted by Gasteiger charge is -2.51. The van der Waals surface area contributed by atoms with Gasteiger partial charge in [-0.25, -0.2) is 0 Å². The van der Waals surface area contributed by atoms with E-state index in [0.29, 0.717) is 11.6 Å². The van der Waals surface area contributed by atoms with Gasteiger partial charge in [0.2, 0.25) is 0 Å². The standard InChI is InChI=1S/C17H34N2O2/c1-15(2)20-13-11-18-7-9-19(10-8-18)17(5)6-12-21-16(3,4)14-17/h15H,6-14H2,1-5H3. The summed E-state index contributed by atoms with van der Waals surface area (Å²) in [6.07, 6.45) is 2.64. The van der Waals surface area contributed by atoms with Crippen LogP contribution in [0, 0.1) is 0 Å². The predicted octanol–water partition coefficient (Wildman–Crippen LogP) is 2.38. The van der Waals surface area contributed by atoms with E-state index in [4.69, 9.17) is 9.47 Å². The lowest BCUT2D eigenvalue weighted by Crippen LogP contribution is -2.60. The summed E-state index contributed by atoms with van der Waals surface area (Å²) in [7, 11) is 0. The molecule has 124 valence electrons. The first kappa shape index (κ1) is 17.2. The van der Waals surface area contributed by atoms with Gasteiger partial charge in [0.05, 0.1) is 18.3 Å². The van der Waals surface area contributed by atoms with E-state index in [1.807, 2.05) is 0 Å². The van der Waals surface area contributed by atoms with Crippen LogP contribution in [0.1, 0.15) is 47.5 Å². The van der Waals surface area contributed by atoms with E-state index in [-0.39, 0.29) is 5.60 Å². The molecule has 0 amide bonds. The molecule has 2 aliphatic rings. The van der Waals surface area contributed by atoms with Gasteiger partial charge in [0.15, 0.2) is 0 Å². The molecule has 4 nitrogen and oxygen atoms in total. The SMILES string of the molecule is CC(C)OCCN1CCN(C2(C)CCOC(C)(C)C2)CC1. The third-order valence-electron chi connectivity index (χ3n) is 4.93. The molecule has 2 saturated heterocycles. The minimum atomic E-state index is 0.0231. The third-order valence-corrected chi connectivity index (χ3v) is 4.93. The second-order valence-corrected chi connectivity index (χ2v) is 7.78. The molecule has 1 atom stereocenters. The Balaban J connectivity index is 1.78. The summed E-state index contributed by atoms with van der Waals surface area (Å²) in [5.41, 5.74) is 0.331. The summed E-state index contributed by atoms with van der Waals surface area (Å²) >= 11 is 0. The van der Waals surface area contributed by atoms with E-state index in [1.54, 1.807) is 0 Å². The summed E-state index contributed by atoms with van der Waals surface area (Å²) in [5, 5.41) is 0. The second-order valence-electron chi connectivity index (χ2n) is 7.78. The van der Waals surface area contributed by atoms with Gasteiger partial charge < -0.3 is 9.47 Å². The molecule has 0 spiro atoms. The fourth-order valence-electron chi connectivity index (χ4n) is 3.80. The van der Waals surface area contributed by atoms with Crippen molar-refractivity contribution in [1.29, 1.82) is 0 Å². The minimum absolute atomic E-state index is 0.0231. The smallest absolute Gasteiger partial charge is 0.0644 e. The molecule has 0 aromatic rings. The number of piperazine rings is 1. The van der Waals surface area contributed by atoms with E-state index in [2.05, 4.69) is 44.4 Å². The first-order valence-corrected chi connectivity index (χ1v) is 8.54. The molecule has 0 aliphatic carbocycles. The van der Waals surface area contributed by atoms with Crippen LogP contribution >= 0.6 is 0 Å². The van der Waals surface area contributed by atoms with Crippen LogP contribution in [-0.2, 0) is 9.47 Å². The molecule has 2 rings (SSSR count). The first-order chi connectivity index (χ1) is 9.81. The Morgan fingerprint density at radius 1 is 1.10 bits per heavy atom. The third kappa shape index (κ3) is 4.92. The number of hydrogen-bond donors (Lipinski definition) is 0. The monoisotopic (exact) mass is 298 g/mol. The lowest BCUT2D eigenvalue weighted by atomic mass is 9.81. The van der Waals surface area contributed by atoms with E-state index in [1.165, 1.54) is 26.2 Å². The largest absolute Gasteiger partial charge is 0.377 e. The van der Waals surface area contributed by atoms with Gasteiger partial charge in [-0.15, -0.1) is 0 Å². The lowest BCUT2D eigenvalue weighted by molar-refractivity contribution is -0.121. The Labute approximate surface area is 130 Å². The van der Waals surface area contributed by atoms with Crippen molar-refractivity contribution in [3.05, 3.63) is 0 Å². The molecule has 0 aromatic carbocycles. The van der Waals surface area contributed by atoms with Crippen molar-refractivity contribution in [3.8, 4) is 0 Å². The molecule has 0 radical (unpaired) electrons. The van der Waals surface area contributed by atoms with Crippen molar-refractivity contribution in [2.24, 2.45) is 0 Å². The van der Waals surface area contributed by atoms with E-state index in [9.17, 15) is 0 Å². The maximum atomic E-state index is 5.89. The average Bonchev–Trinajstić information content (AvgIpc) is 2.37. The van der Waals surface area contributed by atoms with Crippen LogP contribution in [0.5, 0.6) is 0 Å². The fraction of sp³-hybridized carbons (Fsp3) is 1.00. The van der Waals surface area contributed by atoms with Crippen LogP contribution in [0.25, 0.3) is 0 Å². The quantitative estimate of drug-likeness (QED) is 0.778. The van der Waals surface area contributed by atoms with E-state index >= 15 is 0 Å². The molecule has 21 heavy (non-hydrogen) atoms. The molecule has 1 unspecified atom stereocenters. The number of nitrogens with zero attached hydrogens (tertiary/aromatic N) is 2. The average molecular weight is 298 g/mol. The summed E-state index contributed by atoms with van der Waals surface area (Å²) in [6.45, 7) is 18.6. The molecular weight excluding hydrogens is 264 g/mol. The highest BCUT2D eigenvalue weighted by atomic mass is 16.5. The van der Waals surface area contributed by atoms with Crippen LogP contribution in [0.15, 0.2) is 0 Å². The Bertz CT molecular complexity index is 325. The topological polar surface area (TPSA) is 24.9 Å². The van der Waals surface area contributed by atoms with Crippen LogP contribution in [0.4, 0.5) is 0 Å². The molecule has 0 N–H and O–H groups in total. The van der Waals surface area contributed by atoms with Gasteiger partial charge in [0.1, 0.15) is 0 Å².